The molecule has 0 bridgehead atoms. The minimum atomic E-state index is -0.953. The van der Waals surface area contributed by atoms with Crippen LogP contribution in [0.15, 0.2) is 67.1 Å². The molecule has 0 amide bonds. The van der Waals surface area contributed by atoms with Gasteiger partial charge in [0, 0.05) is 40.8 Å². The number of rotatable bonds is 3. The Balaban J connectivity index is 1.76. The van der Waals surface area contributed by atoms with Crippen LogP contribution in [0.5, 0.6) is 0 Å². The molecule has 0 aliphatic rings. The summed E-state index contributed by atoms with van der Waals surface area (Å²) in [6, 6.07) is 15.3. The molecular weight excluding hydrogens is 302 g/mol. The molecule has 5 nitrogen and oxygen atoms in total. The summed E-state index contributed by atoms with van der Waals surface area (Å²) in [6.45, 7) is 0. The quantitative estimate of drug-likeness (QED) is 0.599. The Morgan fingerprint density at radius 3 is 2.71 bits per heavy atom. The SMILES string of the molecule is O=C(O)c1c[nH]c(-c2ccnc(-c3cnc4ccccc4c3)c2)c1. The van der Waals surface area contributed by atoms with Gasteiger partial charge in [-0.25, -0.2) is 4.79 Å². The van der Waals surface area contributed by atoms with Gasteiger partial charge in [0.1, 0.15) is 0 Å². The van der Waals surface area contributed by atoms with Gasteiger partial charge in [-0.1, -0.05) is 18.2 Å². The van der Waals surface area contributed by atoms with E-state index in [4.69, 9.17) is 5.11 Å². The maximum absolute atomic E-state index is 11.0. The number of benzene rings is 1. The standard InChI is InChI=1S/C19H13N3O2/c23-19(24)15-9-17(22-11-15)13-5-6-20-18(8-13)14-7-12-3-1-2-4-16(12)21-10-14/h1-11,22H,(H,23,24). The smallest absolute Gasteiger partial charge is 0.337 e. The largest absolute Gasteiger partial charge is 0.478 e. The van der Waals surface area contributed by atoms with Crippen molar-refractivity contribution in [3.05, 3.63) is 72.7 Å². The molecule has 0 aliphatic heterocycles. The third-order valence-electron chi connectivity index (χ3n) is 3.89. The van der Waals surface area contributed by atoms with Gasteiger partial charge in [0.2, 0.25) is 0 Å². The average Bonchev–Trinajstić information content (AvgIpc) is 3.12. The molecular formula is C19H13N3O2. The van der Waals surface area contributed by atoms with Gasteiger partial charge in [-0.05, 0) is 30.3 Å². The van der Waals surface area contributed by atoms with Crippen molar-refractivity contribution in [3.63, 3.8) is 0 Å². The highest BCUT2D eigenvalue weighted by Gasteiger charge is 2.09. The Labute approximate surface area is 137 Å². The van der Waals surface area contributed by atoms with Crippen LogP contribution in [-0.2, 0) is 0 Å². The number of H-pyrrole nitrogens is 1. The number of fused-ring (bicyclic) bond motifs is 1. The number of nitrogens with one attached hydrogen (secondary N) is 1. The lowest BCUT2D eigenvalue weighted by atomic mass is 10.1. The third-order valence-corrected chi connectivity index (χ3v) is 3.89. The summed E-state index contributed by atoms with van der Waals surface area (Å²) >= 11 is 0. The normalized spacial score (nSPS) is 10.8. The number of aromatic nitrogens is 3. The zero-order valence-electron chi connectivity index (χ0n) is 12.6. The van der Waals surface area contributed by atoms with E-state index in [1.54, 1.807) is 18.5 Å². The third kappa shape index (κ3) is 2.52. The first-order valence-electron chi connectivity index (χ1n) is 7.44. The molecule has 0 saturated carbocycles. The maximum Gasteiger partial charge on any atom is 0.337 e. The van der Waals surface area contributed by atoms with E-state index in [-0.39, 0.29) is 5.56 Å². The monoisotopic (exact) mass is 315 g/mol. The van der Waals surface area contributed by atoms with E-state index in [2.05, 4.69) is 15.0 Å². The molecule has 3 heterocycles. The van der Waals surface area contributed by atoms with Gasteiger partial charge in [-0.3, -0.25) is 9.97 Å². The Kier molecular flexibility index (Phi) is 3.31. The van der Waals surface area contributed by atoms with Crippen molar-refractivity contribution in [1.82, 2.24) is 15.0 Å². The lowest BCUT2D eigenvalue weighted by Crippen LogP contribution is -1.91. The average molecular weight is 315 g/mol. The van der Waals surface area contributed by atoms with E-state index in [0.717, 1.165) is 33.4 Å². The van der Waals surface area contributed by atoms with Crippen molar-refractivity contribution in [1.29, 1.82) is 0 Å². The van der Waals surface area contributed by atoms with Crippen LogP contribution >= 0.6 is 0 Å². The highest BCUT2D eigenvalue weighted by atomic mass is 16.4. The Morgan fingerprint density at radius 2 is 1.88 bits per heavy atom. The molecule has 5 heteroatoms. The summed E-state index contributed by atoms with van der Waals surface area (Å²) in [5, 5.41) is 10.1. The number of carboxylic acids is 1. The summed E-state index contributed by atoms with van der Waals surface area (Å²) in [6.07, 6.45) is 4.99. The summed E-state index contributed by atoms with van der Waals surface area (Å²) in [4.78, 5) is 22.9. The number of hydrogen-bond acceptors (Lipinski definition) is 3. The van der Waals surface area contributed by atoms with Crippen molar-refractivity contribution in [3.8, 4) is 22.5 Å². The lowest BCUT2D eigenvalue weighted by molar-refractivity contribution is 0.0697. The number of hydrogen-bond donors (Lipinski definition) is 2. The van der Waals surface area contributed by atoms with E-state index in [0.29, 0.717) is 0 Å². The summed E-state index contributed by atoms with van der Waals surface area (Å²) in [5.74, 6) is -0.953. The lowest BCUT2D eigenvalue weighted by Gasteiger charge is -2.05. The molecule has 3 aromatic heterocycles. The molecule has 0 unspecified atom stereocenters. The minimum Gasteiger partial charge on any atom is -0.478 e. The van der Waals surface area contributed by atoms with Gasteiger partial charge in [0.15, 0.2) is 0 Å². The second kappa shape index (κ2) is 5.62. The molecule has 4 rings (SSSR count). The van der Waals surface area contributed by atoms with Gasteiger partial charge < -0.3 is 10.1 Å². The van der Waals surface area contributed by atoms with Gasteiger partial charge in [0.05, 0.1) is 16.8 Å². The van der Waals surface area contributed by atoms with Crippen LogP contribution < -0.4 is 0 Å². The predicted octanol–water partition coefficient (Wildman–Crippen LogP) is 3.99. The molecule has 4 aromatic rings. The molecule has 0 fully saturated rings. The zero-order chi connectivity index (χ0) is 16.5. The topological polar surface area (TPSA) is 78.9 Å². The fourth-order valence-corrected chi connectivity index (χ4v) is 2.65. The van der Waals surface area contributed by atoms with Crippen LogP contribution in [0.2, 0.25) is 0 Å². The zero-order valence-corrected chi connectivity index (χ0v) is 12.6. The number of aromatic amines is 1. The van der Waals surface area contributed by atoms with E-state index >= 15 is 0 Å². The van der Waals surface area contributed by atoms with Crippen molar-refractivity contribution in [2.24, 2.45) is 0 Å². The predicted molar refractivity (Wildman–Crippen MR) is 91.7 cm³/mol. The van der Waals surface area contributed by atoms with Crippen molar-refractivity contribution >= 4 is 16.9 Å². The van der Waals surface area contributed by atoms with E-state index < -0.39 is 5.97 Å². The first-order valence-corrected chi connectivity index (χ1v) is 7.44. The summed E-state index contributed by atoms with van der Waals surface area (Å²) in [7, 11) is 0. The highest BCUT2D eigenvalue weighted by Crippen LogP contribution is 2.26. The molecule has 0 radical (unpaired) electrons. The number of carboxylic acid groups (broad SMARTS) is 1. The second-order valence-electron chi connectivity index (χ2n) is 5.45. The molecule has 2 N–H and O–H groups in total. The van der Waals surface area contributed by atoms with Gasteiger partial charge in [-0.2, -0.15) is 0 Å². The molecule has 116 valence electrons. The number of nitrogens with zero attached hydrogens (tertiary/aromatic N) is 2. The molecule has 24 heavy (non-hydrogen) atoms. The van der Waals surface area contributed by atoms with E-state index in [1.165, 1.54) is 6.20 Å². The second-order valence-corrected chi connectivity index (χ2v) is 5.45. The van der Waals surface area contributed by atoms with Crippen LogP contribution in [-0.4, -0.2) is 26.0 Å². The molecule has 0 aliphatic carbocycles. The summed E-state index contributed by atoms with van der Waals surface area (Å²) < 4.78 is 0. The fraction of sp³-hybridized carbons (Fsp3) is 0. The highest BCUT2D eigenvalue weighted by molar-refractivity contribution is 5.89. The molecule has 0 spiro atoms. The van der Waals surface area contributed by atoms with Crippen molar-refractivity contribution < 1.29 is 9.90 Å². The Hall–Kier alpha value is -3.47. The van der Waals surface area contributed by atoms with Crippen LogP contribution in [0.1, 0.15) is 10.4 Å². The van der Waals surface area contributed by atoms with E-state index in [1.807, 2.05) is 42.5 Å². The number of para-hydroxylation sites is 1. The van der Waals surface area contributed by atoms with Gasteiger partial charge in [-0.15, -0.1) is 0 Å². The molecule has 0 saturated heterocycles. The number of carbonyl (C=O) groups is 1. The molecule has 1 aromatic carbocycles. The van der Waals surface area contributed by atoms with Crippen LogP contribution in [0.3, 0.4) is 0 Å². The van der Waals surface area contributed by atoms with Crippen LogP contribution in [0.25, 0.3) is 33.4 Å². The first kappa shape index (κ1) is 14.1. The van der Waals surface area contributed by atoms with Crippen LogP contribution in [0.4, 0.5) is 0 Å². The minimum absolute atomic E-state index is 0.232. The van der Waals surface area contributed by atoms with Crippen LogP contribution in [0, 0.1) is 0 Å². The van der Waals surface area contributed by atoms with E-state index in [9.17, 15) is 4.79 Å². The Bertz CT molecular complexity index is 1050. The van der Waals surface area contributed by atoms with Gasteiger partial charge in [0.25, 0.3) is 0 Å². The summed E-state index contributed by atoms with van der Waals surface area (Å²) in [5.41, 5.74) is 4.49. The molecule has 0 atom stereocenters. The first-order chi connectivity index (χ1) is 11.7. The number of pyridine rings is 2. The van der Waals surface area contributed by atoms with Gasteiger partial charge >= 0.3 is 5.97 Å². The fourth-order valence-electron chi connectivity index (χ4n) is 2.65. The van der Waals surface area contributed by atoms with Crippen molar-refractivity contribution in [2.75, 3.05) is 0 Å². The number of aromatic carboxylic acids is 1. The Morgan fingerprint density at radius 1 is 1.00 bits per heavy atom. The van der Waals surface area contributed by atoms with Crippen molar-refractivity contribution in [2.45, 2.75) is 0 Å². The maximum atomic E-state index is 11.0.